The fourth-order valence-electron chi connectivity index (χ4n) is 12.3. The van der Waals surface area contributed by atoms with Crippen LogP contribution in [0, 0.1) is 55.4 Å². The SMILES string of the molecule is Cc1ccc(N(c2ccc3c(c2)-c2ccc(N(c4ccc(C)cc4)c4ccccc4C)cc2-c2ccc(N(c4ccc(C)cc4)c4ccccc4C)cc2-c2ccc(N(c4ccc(C)cc4)c4ccccc4C)cc2-3)c2ccccc2C)cc1. The Hall–Kier alpha value is -10.2. The molecule has 0 fully saturated rings. The first-order valence-electron chi connectivity index (χ1n) is 29.2. The second-order valence-electron chi connectivity index (χ2n) is 22.7. The van der Waals surface area contributed by atoms with Crippen molar-refractivity contribution in [2.75, 3.05) is 19.6 Å². The lowest BCUT2D eigenvalue weighted by molar-refractivity contribution is 1.24. The van der Waals surface area contributed by atoms with Gasteiger partial charge in [-0.05, 0) is 243 Å². The lowest BCUT2D eigenvalue weighted by Gasteiger charge is -2.32. The maximum Gasteiger partial charge on any atom is 0.0490 e. The molecule has 0 amide bonds. The van der Waals surface area contributed by atoms with Crippen molar-refractivity contribution >= 4 is 68.2 Å². The molecule has 0 spiro atoms. The Bertz CT molecular complexity index is 3800. The summed E-state index contributed by atoms with van der Waals surface area (Å²) in [4.78, 5) is 9.72. The molecule has 13 rings (SSSR count). The summed E-state index contributed by atoms with van der Waals surface area (Å²) in [6.07, 6.45) is 0. The molecule has 0 N–H and O–H groups in total. The van der Waals surface area contributed by atoms with Gasteiger partial charge in [-0.15, -0.1) is 0 Å². The van der Waals surface area contributed by atoms with Crippen LogP contribution in [0.15, 0.2) is 267 Å². The third kappa shape index (κ3) is 10.0. The first kappa shape index (κ1) is 53.2. The molecule has 1 aliphatic rings. The minimum atomic E-state index is 1.07. The quantitative estimate of drug-likeness (QED) is 0.121. The number of nitrogens with zero attached hydrogens (tertiary/aromatic N) is 4. The van der Waals surface area contributed by atoms with Gasteiger partial charge in [-0.2, -0.15) is 0 Å². The molecule has 84 heavy (non-hydrogen) atoms. The Morgan fingerprint density at radius 3 is 0.536 bits per heavy atom. The van der Waals surface area contributed by atoms with Crippen molar-refractivity contribution in [2.24, 2.45) is 0 Å². The van der Waals surface area contributed by atoms with Crippen molar-refractivity contribution < 1.29 is 0 Å². The predicted molar refractivity (Wildman–Crippen MR) is 358 cm³/mol. The highest BCUT2D eigenvalue weighted by Crippen LogP contribution is 2.54. The molecule has 0 atom stereocenters. The summed E-state index contributed by atoms with van der Waals surface area (Å²) in [6.45, 7) is 17.5. The molecular formula is C80H68N4. The van der Waals surface area contributed by atoms with Crippen molar-refractivity contribution in [3.63, 3.8) is 0 Å². The zero-order valence-electron chi connectivity index (χ0n) is 49.2. The highest BCUT2D eigenvalue weighted by Gasteiger charge is 2.29. The Labute approximate surface area is 496 Å². The van der Waals surface area contributed by atoms with Gasteiger partial charge in [0.15, 0.2) is 0 Å². The maximum atomic E-state index is 2.45. The lowest BCUT2D eigenvalue weighted by Crippen LogP contribution is -2.13. The number of anilines is 12. The van der Waals surface area contributed by atoms with E-state index >= 15 is 0 Å². The fourth-order valence-corrected chi connectivity index (χ4v) is 12.3. The zero-order valence-corrected chi connectivity index (χ0v) is 49.2. The topological polar surface area (TPSA) is 13.0 Å². The molecule has 1 aliphatic carbocycles. The maximum absolute atomic E-state index is 2.45. The molecule has 0 unspecified atom stereocenters. The van der Waals surface area contributed by atoms with Gasteiger partial charge in [0.2, 0.25) is 0 Å². The number of rotatable bonds is 12. The third-order valence-electron chi connectivity index (χ3n) is 16.8. The van der Waals surface area contributed by atoms with Crippen LogP contribution >= 0.6 is 0 Å². The Morgan fingerprint density at radius 2 is 0.345 bits per heavy atom. The van der Waals surface area contributed by atoms with E-state index in [-0.39, 0.29) is 0 Å². The summed E-state index contributed by atoms with van der Waals surface area (Å²) in [6, 6.07) is 99.4. The van der Waals surface area contributed by atoms with Crippen LogP contribution in [0.3, 0.4) is 0 Å². The number of fused-ring (bicyclic) bond motifs is 8. The standard InChI is InChI=1S/C80H68N4/c1-53-25-33-61(34-26-53)81(77-21-13-9-17-57(77)5)65-41-45-69-73(49-65)70-46-42-66(82(62-35-27-54(2)28-36-62)78-22-14-10-18-58(78)6)51-75(70)72-48-44-68(84(64-39-31-56(4)32-40-64)80-24-16-12-20-60(80)8)52-76(72)71-47-43-67(50-74(69)71)83(63-37-29-55(3)30-38-63)79-23-15-11-19-59(79)7/h9-52H,1-8H3. The van der Waals surface area contributed by atoms with Crippen molar-refractivity contribution in [1.29, 1.82) is 0 Å². The molecule has 4 heteroatoms. The van der Waals surface area contributed by atoms with E-state index < -0.39 is 0 Å². The number of benzene rings is 12. The highest BCUT2D eigenvalue weighted by atomic mass is 15.2. The summed E-state index contributed by atoms with van der Waals surface area (Å²) in [5, 5.41) is 0. The molecular weight excluding hydrogens is 1020 g/mol. The average Bonchev–Trinajstić information content (AvgIpc) is 3.02. The molecule has 0 heterocycles. The van der Waals surface area contributed by atoms with E-state index in [1.807, 2.05) is 0 Å². The van der Waals surface area contributed by atoms with Crippen molar-refractivity contribution in [1.82, 2.24) is 0 Å². The van der Waals surface area contributed by atoms with E-state index in [1.165, 1.54) is 44.5 Å². The second-order valence-corrected chi connectivity index (χ2v) is 22.7. The van der Waals surface area contributed by atoms with E-state index in [2.05, 4.69) is 342 Å². The molecule has 0 saturated carbocycles. The molecule has 0 aromatic heterocycles. The molecule has 12 aromatic carbocycles. The van der Waals surface area contributed by atoms with Crippen LogP contribution in [0.2, 0.25) is 0 Å². The van der Waals surface area contributed by atoms with Gasteiger partial charge in [0, 0.05) is 68.2 Å². The normalized spacial score (nSPS) is 11.3. The molecule has 12 aromatic rings. The monoisotopic (exact) mass is 1080 g/mol. The van der Waals surface area contributed by atoms with Crippen LogP contribution in [-0.2, 0) is 0 Å². The van der Waals surface area contributed by atoms with Crippen molar-refractivity contribution in [3.8, 4) is 44.5 Å². The minimum absolute atomic E-state index is 1.07. The van der Waals surface area contributed by atoms with Crippen molar-refractivity contribution in [3.05, 3.63) is 311 Å². The fraction of sp³-hybridized carbons (Fsp3) is 0.100. The van der Waals surface area contributed by atoms with Gasteiger partial charge in [0.05, 0.1) is 0 Å². The minimum Gasteiger partial charge on any atom is -0.310 e. The molecule has 0 radical (unpaired) electrons. The second kappa shape index (κ2) is 22.3. The van der Waals surface area contributed by atoms with Crippen molar-refractivity contribution in [2.45, 2.75) is 55.4 Å². The van der Waals surface area contributed by atoms with E-state index in [0.29, 0.717) is 0 Å². The molecule has 0 saturated heterocycles. The van der Waals surface area contributed by atoms with Gasteiger partial charge in [0.25, 0.3) is 0 Å². The average molecular weight is 1090 g/mol. The van der Waals surface area contributed by atoms with Crippen LogP contribution in [0.25, 0.3) is 44.5 Å². The van der Waals surface area contributed by atoms with Crippen LogP contribution in [0.4, 0.5) is 68.2 Å². The van der Waals surface area contributed by atoms with Crippen LogP contribution in [0.1, 0.15) is 44.5 Å². The highest BCUT2D eigenvalue weighted by molar-refractivity contribution is 6.07. The Kier molecular flexibility index (Phi) is 14.1. The smallest absolute Gasteiger partial charge is 0.0490 e. The summed E-state index contributed by atoms with van der Waals surface area (Å²) in [5.74, 6) is 0. The molecule has 408 valence electrons. The van der Waals surface area contributed by atoms with Gasteiger partial charge >= 0.3 is 0 Å². The molecule has 0 aliphatic heterocycles. The predicted octanol–water partition coefficient (Wildman–Crippen LogP) is 23.0. The third-order valence-corrected chi connectivity index (χ3v) is 16.8. The summed E-state index contributed by atoms with van der Waals surface area (Å²) in [5.41, 5.74) is 32.0. The van der Waals surface area contributed by atoms with Gasteiger partial charge in [0.1, 0.15) is 0 Å². The Morgan fingerprint density at radius 1 is 0.167 bits per heavy atom. The first-order chi connectivity index (χ1) is 40.9. The van der Waals surface area contributed by atoms with Crippen LogP contribution < -0.4 is 19.6 Å². The van der Waals surface area contributed by atoms with E-state index in [1.54, 1.807) is 0 Å². The van der Waals surface area contributed by atoms with Gasteiger partial charge in [-0.1, -0.05) is 168 Å². The number of para-hydroxylation sites is 4. The first-order valence-corrected chi connectivity index (χ1v) is 29.2. The van der Waals surface area contributed by atoms with E-state index in [0.717, 1.165) is 113 Å². The van der Waals surface area contributed by atoms with Gasteiger partial charge in [-0.25, -0.2) is 0 Å². The van der Waals surface area contributed by atoms with E-state index in [9.17, 15) is 0 Å². The zero-order chi connectivity index (χ0) is 57.6. The van der Waals surface area contributed by atoms with Crippen LogP contribution in [0.5, 0.6) is 0 Å². The van der Waals surface area contributed by atoms with E-state index in [4.69, 9.17) is 0 Å². The summed E-state index contributed by atoms with van der Waals surface area (Å²) < 4.78 is 0. The lowest BCUT2D eigenvalue weighted by atomic mass is 9.80. The Balaban J connectivity index is 1.14. The van der Waals surface area contributed by atoms with Gasteiger partial charge in [-0.3, -0.25) is 0 Å². The number of hydrogen-bond donors (Lipinski definition) is 0. The largest absolute Gasteiger partial charge is 0.310 e. The van der Waals surface area contributed by atoms with Crippen LogP contribution in [-0.4, -0.2) is 0 Å². The number of hydrogen-bond acceptors (Lipinski definition) is 4. The molecule has 4 nitrogen and oxygen atoms in total. The van der Waals surface area contributed by atoms with Gasteiger partial charge < -0.3 is 19.6 Å². The summed E-state index contributed by atoms with van der Waals surface area (Å²) in [7, 11) is 0. The molecule has 0 bridgehead atoms. The summed E-state index contributed by atoms with van der Waals surface area (Å²) >= 11 is 0. The number of aryl methyl sites for hydroxylation is 8.